The number of amides is 1. The lowest BCUT2D eigenvalue weighted by Gasteiger charge is -2.11. The minimum Gasteiger partial charge on any atom is -0.484 e. The number of hydrogen-bond acceptors (Lipinski definition) is 6. The van der Waals surface area contributed by atoms with Gasteiger partial charge < -0.3 is 4.74 Å². The molecule has 0 aliphatic rings. The molecular formula is C18H21N3O4S. The average Bonchev–Trinajstić information content (AvgIpc) is 3.10. The van der Waals surface area contributed by atoms with Crippen LogP contribution in [-0.2, 0) is 4.79 Å². The summed E-state index contributed by atoms with van der Waals surface area (Å²) in [6, 6.07) is 10.7. The predicted octanol–water partition coefficient (Wildman–Crippen LogP) is 4.09. The van der Waals surface area contributed by atoms with Crippen molar-refractivity contribution in [3.63, 3.8) is 0 Å². The van der Waals surface area contributed by atoms with Gasteiger partial charge >= 0.3 is 5.00 Å². The summed E-state index contributed by atoms with van der Waals surface area (Å²) in [5.41, 5.74) is 3.58. The zero-order chi connectivity index (χ0) is 18.9. The van der Waals surface area contributed by atoms with Crippen molar-refractivity contribution in [1.29, 1.82) is 0 Å². The third-order valence-electron chi connectivity index (χ3n) is 3.71. The van der Waals surface area contributed by atoms with Crippen LogP contribution in [0.4, 0.5) is 5.00 Å². The van der Waals surface area contributed by atoms with Gasteiger partial charge in [0.25, 0.3) is 5.91 Å². The second kappa shape index (κ2) is 9.67. The highest BCUT2D eigenvalue weighted by Crippen LogP contribution is 2.23. The second-order valence-corrected chi connectivity index (χ2v) is 6.87. The number of ether oxygens (including phenoxy) is 1. The second-order valence-electron chi connectivity index (χ2n) is 5.77. The molecule has 0 aliphatic heterocycles. The highest BCUT2D eigenvalue weighted by atomic mass is 32.1. The van der Waals surface area contributed by atoms with E-state index in [2.05, 4.69) is 24.4 Å². The summed E-state index contributed by atoms with van der Waals surface area (Å²) in [5, 5.41) is 14.4. The molecule has 0 saturated carbocycles. The SMILES string of the molecule is CCC[C@@H](C)c1ccc(OCC(=O)N/N=C\c2ccc([N+](=O)[O-])s2)cc1. The quantitative estimate of drug-likeness (QED) is 0.406. The number of carbonyl (C=O) groups excluding carboxylic acids is 1. The molecule has 0 fully saturated rings. The smallest absolute Gasteiger partial charge is 0.324 e. The van der Waals surface area contributed by atoms with Gasteiger partial charge in [-0.25, -0.2) is 5.43 Å². The number of thiophene rings is 1. The van der Waals surface area contributed by atoms with Crippen molar-refractivity contribution >= 4 is 28.5 Å². The number of nitro groups is 1. The molecule has 0 aliphatic carbocycles. The molecule has 1 aromatic carbocycles. The van der Waals surface area contributed by atoms with Crippen LogP contribution in [0.2, 0.25) is 0 Å². The van der Waals surface area contributed by atoms with Crippen LogP contribution in [0.15, 0.2) is 41.5 Å². The molecule has 0 spiro atoms. The molecule has 8 heteroatoms. The number of nitrogens with one attached hydrogen (secondary N) is 1. The number of benzene rings is 1. The molecule has 2 rings (SSSR count). The van der Waals surface area contributed by atoms with E-state index in [0.717, 1.165) is 24.2 Å². The zero-order valence-corrected chi connectivity index (χ0v) is 15.5. The number of hydrazone groups is 1. The lowest BCUT2D eigenvalue weighted by Crippen LogP contribution is -2.24. The monoisotopic (exact) mass is 375 g/mol. The molecule has 1 aromatic heterocycles. The molecule has 2 aromatic rings. The molecular weight excluding hydrogens is 354 g/mol. The predicted molar refractivity (Wildman–Crippen MR) is 102 cm³/mol. The van der Waals surface area contributed by atoms with E-state index in [4.69, 9.17) is 4.74 Å². The van der Waals surface area contributed by atoms with Crippen LogP contribution in [0.5, 0.6) is 5.75 Å². The van der Waals surface area contributed by atoms with Crippen molar-refractivity contribution in [3.05, 3.63) is 57.0 Å². The van der Waals surface area contributed by atoms with E-state index in [1.807, 2.05) is 24.3 Å². The summed E-state index contributed by atoms with van der Waals surface area (Å²) in [6.45, 7) is 4.19. The first-order valence-corrected chi connectivity index (χ1v) is 9.10. The Morgan fingerprint density at radius 3 is 2.69 bits per heavy atom. The van der Waals surface area contributed by atoms with E-state index in [0.29, 0.717) is 16.5 Å². The fourth-order valence-corrected chi connectivity index (χ4v) is 3.04. The van der Waals surface area contributed by atoms with Crippen molar-refractivity contribution in [3.8, 4) is 5.75 Å². The van der Waals surface area contributed by atoms with Crippen molar-refractivity contribution in [2.45, 2.75) is 32.6 Å². The summed E-state index contributed by atoms with van der Waals surface area (Å²) in [6.07, 6.45) is 3.63. The Hall–Kier alpha value is -2.74. The molecule has 0 bridgehead atoms. The highest BCUT2D eigenvalue weighted by molar-refractivity contribution is 7.16. The van der Waals surface area contributed by atoms with Gasteiger partial charge in [-0.05, 0) is 36.1 Å². The number of nitrogens with zero attached hydrogens (tertiary/aromatic N) is 2. The Kier molecular flexibility index (Phi) is 7.28. The molecule has 26 heavy (non-hydrogen) atoms. The van der Waals surface area contributed by atoms with E-state index in [9.17, 15) is 14.9 Å². The van der Waals surface area contributed by atoms with Crippen LogP contribution >= 0.6 is 11.3 Å². The Balaban J connectivity index is 1.77. The lowest BCUT2D eigenvalue weighted by molar-refractivity contribution is -0.380. The molecule has 7 nitrogen and oxygen atoms in total. The lowest BCUT2D eigenvalue weighted by atomic mass is 9.97. The summed E-state index contributed by atoms with van der Waals surface area (Å²) in [5.74, 6) is 0.709. The Labute approximate surface area is 155 Å². The van der Waals surface area contributed by atoms with E-state index >= 15 is 0 Å². The number of carbonyl (C=O) groups is 1. The van der Waals surface area contributed by atoms with Crippen LogP contribution in [0.3, 0.4) is 0 Å². The largest absolute Gasteiger partial charge is 0.484 e. The van der Waals surface area contributed by atoms with Gasteiger partial charge in [-0.2, -0.15) is 5.10 Å². The van der Waals surface area contributed by atoms with E-state index in [-0.39, 0.29) is 11.6 Å². The number of rotatable bonds is 9. The van der Waals surface area contributed by atoms with Crippen molar-refractivity contribution in [2.24, 2.45) is 5.10 Å². The zero-order valence-electron chi connectivity index (χ0n) is 14.7. The molecule has 0 unspecified atom stereocenters. The summed E-state index contributed by atoms with van der Waals surface area (Å²) in [4.78, 5) is 22.4. The Bertz CT molecular complexity index is 771. The molecule has 0 radical (unpaired) electrons. The van der Waals surface area contributed by atoms with Crippen LogP contribution in [0.1, 0.15) is 43.0 Å². The maximum absolute atomic E-state index is 11.7. The fourth-order valence-electron chi connectivity index (χ4n) is 2.35. The van der Waals surface area contributed by atoms with Crippen LogP contribution in [0, 0.1) is 10.1 Å². The third kappa shape index (κ3) is 5.96. The van der Waals surface area contributed by atoms with E-state index in [1.165, 1.54) is 17.8 Å². The van der Waals surface area contributed by atoms with Gasteiger partial charge in [0.05, 0.1) is 16.0 Å². The summed E-state index contributed by atoms with van der Waals surface area (Å²) < 4.78 is 5.43. The summed E-state index contributed by atoms with van der Waals surface area (Å²) in [7, 11) is 0. The van der Waals surface area contributed by atoms with Gasteiger partial charge in [-0.3, -0.25) is 14.9 Å². The van der Waals surface area contributed by atoms with Crippen LogP contribution in [-0.4, -0.2) is 23.7 Å². The van der Waals surface area contributed by atoms with Crippen LogP contribution in [0.25, 0.3) is 0 Å². The maximum atomic E-state index is 11.7. The van der Waals surface area contributed by atoms with E-state index < -0.39 is 10.8 Å². The first-order valence-electron chi connectivity index (χ1n) is 8.28. The average molecular weight is 375 g/mol. The first kappa shape index (κ1) is 19.6. The molecule has 1 amide bonds. The molecule has 1 N–H and O–H groups in total. The summed E-state index contributed by atoms with van der Waals surface area (Å²) >= 11 is 0.979. The molecule has 138 valence electrons. The molecule has 1 heterocycles. The minimum atomic E-state index is -0.470. The van der Waals surface area contributed by atoms with Gasteiger partial charge in [-0.15, -0.1) is 0 Å². The van der Waals surface area contributed by atoms with Gasteiger partial charge in [0.1, 0.15) is 5.75 Å². The Morgan fingerprint density at radius 1 is 1.35 bits per heavy atom. The third-order valence-corrected chi connectivity index (χ3v) is 4.69. The van der Waals surface area contributed by atoms with Crippen LogP contribution < -0.4 is 10.2 Å². The maximum Gasteiger partial charge on any atom is 0.324 e. The topological polar surface area (TPSA) is 93.8 Å². The number of hydrogen-bond donors (Lipinski definition) is 1. The van der Waals surface area contributed by atoms with Crippen molar-refractivity contribution in [1.82, 2.24) is 5.43 Å². The van der Waals surface area contributed by atoms with E-state index in [1.54, 1.807) is 6.07 Å². The fraction of sp³-hybridized carbons (Fsp3) is 0.333. The first-order chi connectivity index (χ1) is 12.5. The molecule has 1 atom stereocenters. The van der Waals surface area contributed by atoms with Gasteiger partial charge in [0.15, 0.2) is 6.61 Å². The normalized spacial score (nSPS) is 12.1. The van der Waals surface area contributed by atoms with Crippen molar-refractivity contribution in [2.75, 3.05) is 6.61 Å². The molecule has 0 saturated heterocycles. The minimum absolute atomic E-state index is 0.0258. The van der Waals surface area contributed by atoms with Gasteiger partial charge in [-0.1, -0.05) is 43.7 Å². The van der Waals surface area contributed by atoms with Crippen molar-refractivity contribution < 1.29 is 14.5 Å². The van der Waals surface area contributed by atoms with Gasteiger partial charge in [0, 0.05) is 6.07 Å². The van der Waals surface area contributed by atoms with Gasteiger partial charge in [0.2, 0.25) is 0 Å². The Morgan fingerprint density at radius 2 is 2.08 bits per heavy atom. The highest BCUT2D eigenvalue weighted by Gasteiger charge is 2.08. The standard InChI is InChI=1S/C18H21N3O4S/c1-3-4-13(2)14-5-7-15(8-6-14)25-12-17(22)20-19-11-16-9-10-18(26-16)21(23)24/h5-11,13H,3-4,12H2,1-2H3,(H,20,22)/b19-11-/t13-/m1/s1.